The monoisotopic (exact) mass is 378 g/mol. The summed E-state index contributed by atoms with van der Waals surface area (Å²) in [5.41, 5.74) is 3.48. The lowest BCUT2D eigenvalue weighted by Crippen LogP contribution is -2.37. The van der Waals surface area contributed by atoms with Crippen LogP contribution in [0.4, 0.5) is 5.13 Å². The number of nitrogens with zero attached hydrogens (tertiary/aromatic N) is 1. The Morgan fingerprint density at radius 1 is 1.22 bits per heavy atom. The molecule has 2 N–H and O–H groups in total. The Balaban J connectivity index is 1.76. The van der Waals surface area contributed by atoms with Gasteiger partial charge in [-0.1, -0.05) is 36.4 Å². The minimum atomic E-state index is -0.662. The number of hydrogen-bond donors (Lipinski definition) is 2. The molecule has 0 aliphatic heterocycles. The molecule has 0 radical (unpaired) electrons. The number of anilines is 1. The number of aryl methyl sites for hydroxylation is 2. The number of fused-ring (bicyclic) bond motifs is 1. The summed E-state index contributed by atoms with van der Waals surface area (Å²) in [5, 5.41) is 13.7. The van der Waals surface area contributed by atoms with Crippen LogP contribution in [0.15, 0.2) is 48.5 Å². The van der Waals surface area contributed by atoms with Crippen LogP contribution in [0.3, 0.4) is 0 Å². The first-order chi connectivity index (χ1) is 12.9. The third-order valence-electron chi connectivity index (χ3n) is 5.54. The highest BCUT2D eigenvalue weighted by molar-refractivity contribution is 7.15. The predicted octanol–water partition coefficient (Wildman–Crippen LogP) is 4.80. The molecular formula is C22H22N2O2S. The number of benzene rings is 2. The summed E-state index contributed by atoms with van der Waals surface area (Å²) in [4.78, 5) is 19.0. The van der Waals surface area contributed by atoms with E-state index in [1.54, 1.807) is 12.1 Å². The zero-order valence-corrected chi connectivity index (χ0v) is 16.4. The van der Waals surface area contributed by atoms with Gasteiger partial charge in [-0.05, 0) is 56.0 Å². The van der Waals surface area contributed by atoms with Crippen LogP contribution in [0.1, 0.15) is 40.1 Å². The molecule has 5 heteroatoms. The minimum absolute atomic E-state index is 0.0409. The first kappa shape index (κ1) is 17.7. The van der Waals surface area contributed by atoms with Gasteiger partial charge in [0.05, 0.1) is 11.1 Å². The average Bonchev–Trinajstić information content (AvgIpc) is 3.11. The number of amides is 1. The summed E-state index contributed by atoms with van der Waals surface area (Å²) in [7, 11) is 0. The van der Waals surface area contributed by atoms with Gasteiger partial charge in [0, 0.05) is 10.8 Å². The maximum absolute atomic E-state index is 13.4. The Morgan fingerprint density at radius 2 is 1.96 bits per heavy atom. The van der Waals surface area contributed by atoms with Gasteiger partial charge in [-0.3, -0.25) is 4.79 Å². The van der Waals surface area contributed by atoms with E-state index >= 15 is 0 Å². The van der Waals surface area contributed by atoms with E-state index in [1.165, 1.54) is 11.3 Å². The Hall–Kier alpha value is -2.66. The largest absolute Gasteiger partial charge is 0.508 e. The molecule has 4 nitrogen and oxygen atoms in total. The van der Waals surface area contributed by atoms with Crippen molar-refractivity contribution in [1.82, 2.24) is 4.98 Å². The van der Waals surface area contributed by atoms with Gasteiger partial charge in [0.2, 0.25) is 5.91 Å². The maximum atomic E-state index is 13.4. The molecule has 0 bridgehead atoms. The minimum Gasteiger partial charge on any atom is -0.508 e. The molecule has 138 valence electrons. The summed E-state index contributed by atoms with van der Waals surface area (Å²) in [6, 6.07) is 15.5. The first-order valence-corrected chi connectivity index (χ1v) is 9.82. The maximum Gasteiger partial charge on any atom is 0.233 e. The number of rotatable bonds is 3. The second kappa shape index (κ2) is 6.50. The number of aromatic nitrogens is 1. The molecule has 1 aliphatic rings. The summed E-state index contributed by atoms with van der Waals surface area (Å²) >= 11 is 1.50. The molecule has 1 aliphatic carbocycles. The van der Waals surface area contributed by atoms with Crippen molar-refractivity contribution in [3.05, 3.63) is 75.8 Å². The molecule has 27 heavy (non-hydrogen) atoms. The number of phenols is 1. The smallest absolute Gasteiger partial charge is 0.233 e. The van der Waals surface area contributed by atoms with Crippen molar-refractivity contribution < 1.29 is 9.90 Å². The van der Waals surface area contributed by atoms with Gasteiger partial charge in [-0.25, -0.2) is 4.98 Å². The predicted molar refractivity (Wildman–Crippen MR) is 108 cm³/mol. The zero-order chi connectivity index (χ0) is 19.2. The van der Waals surface area contributed by atoms with Gasteiger partial charge >= 0.3 is 0 Å². The fourth-order valence-corrected chi connectivity index (χ4v) is 4.83. The van der Waals surface area contributed by atoms with Crippen LogP contribution in [-0.2, 0) is 11.2 Å². The van der Waals surface area contributed by atoms with E-state index in [4.69, 9.17) is 0 Å². The van der Waals surface area contributed by atoms with Crippen molar-refractivity contribution in [1.29, 1.82) is 0 Å². The number of carbonyl (C=O) groups excluding carboxylic acids is 1. The molecular weight excluding hydrogens is 356 g/mol. The van der Waals surface area contributed by atoms with E-state index in [9.17, 15) is 9.90 Å². The van der Waals surface area contributed by atoms with Crippen molar-refractivity contribution in [2.24, 2.45) is 5.41 Å². The molecule has 2 atom stereocenters. The third-order valence-corrected chi connectivity index (χ3v) is 6.52. The first-order valence-electron chi connectivity index (χ1n) is 9.01. The molecule has 2 aromatic carbocycles. The van der Waals surface area contributed by atoms with Crippen molar-refractivity contribution in [3.8, 4) is 5.75 Å². The molecule has 0 unspecified atom stereocenters. The van der Waals surface area contributed by atoms with E-state index in [0.717, 1.165) is 27.3 Å². The summed E-state index contributed by atoms with van der Waals surface area (Å²) in [6.45, 7) is 5.96. The van der Waals surface area contributed by atoms with Crippen molar-refractivity contribution in [3.63, 3.8) is 0 Å². The Morgan fingerprint density at radius 3 is 2.63 bits per heavy atom. The van der Waals surface area contributed by atoms with Crippen molar-refractivity contribution >= 4 is 22.4 Å². The molecule has 0 spiro atoms. The van der Waals surface area contributed by atoms with Crippen LogP contribution in [-0.4, -0.2) is 16.0 Å². The Kier molecular flexibility index (Phi) is 4.27. The highest BCUT2D eigenvalue weighted by Crippen LogP contribution is 2.52. The topological polar surface area (TPSA) is 62.2 Å². The molecule has 1 aromatic heterocycles. The van der Waals surface area contributed by atoms with Crippen LogP contribution in [0, 0.1) is 19.3 Å². The zero-order valence-electron chi connectivity index (χ0n) is 15.6. The number of hydrogen-bond acceptors (Lipinski definition) is 4. The second-order valence-corrected chi connectivity index (χ2v) is 8.64. The van der Waals surface area contributed by atoms with Crippen molar-refractivity contribution in [2.75, 3.05) is 5.32 Å². The number of carbonyl (C=O) groups is 1. The average molecular weight is 378 g/mol. The molecule has 4 rings (SSSR count). The van der Waals surface area contributed by atoms with Gasteiger partial charge < -0.3 is 10.4 Å². The van der Waals surface area contributed by atoms with Crippen LogP contribution in [0.25, 0.3) is 0 Å². The molecule has 1 heterocycles. The summed E-state index contributed by atoms with van der Waals surface area (Å²) in [6.07, 6.45) is 0.622. The van der Waals surface area contributed by atoms with Gasteiger partial charge in [-0.15, -0.1) is 11.3 Å². The SMILES string of the molecule is Cc1nc(NC(=O)[C@]2(C)Cc3ccc(O)cc3[C@@H]2c2ccccc2)sc1C. The highest BCUT2D eigenvalue weighted by atomic mass is 32.1. The third kappa shape index (κ3) is 3.02. The van der Waals surface area contributed by atoms with Crippen LogP contribution in [0.5, 0.6) is 5.75 Å². The molecule has 3 aromatic rings. The lowest BCUT2D eigenvalue weighted by atomic mass is 9.73. The number of thiazole rings is 1. The number of nitrogens with one attached hydrogen (secondary N) is 1. The second-order valence-electron chi connectivity index (χ2n) is 7.44. The Bertz CT molecular complexity index is 993. The van der Waals surface area contributed by atoms with E-state index in [2.05, 4.69) is 10.3 Å². The standard InChI is InChI=1S/C22H22N2O2S/c1-13-14(2)27-21(23-13)24-20(26)22(3)12-16-9-10-17(25)11-18(16)19(22)15-7-5-4-6-8-15/h4-11,19,25H,12H2,1-3H3,(H,23,24,26)/t19-,22+/m0/s1. The van der Waals surface area contributed by atoms with Gasteiger partial charge in [0.1, 0.15) is 5.75 Å². The van der Waals surface area contributed by atoms with Gasteiger partial charge in [-0.2, -0.15) is 0 Å². The molecule has 1 amide bonds. The fourth-order valence-electron chi connectivity index (χ4n) is 4.02. The summed E-state index contributed by atoms with van der Waals surface area (Å²) in [5.74, 6) is 0.0641. The number of phenolic OH excluding ortho intramolecular Hbond substituents is 1. The molecule has 0 saturated carbocycles. The number of aromatic hydroxyl groups is 1. The lowest BCUT2D eigenvalue weighted by molar-refractivity contribution is -0.125. The molecule has 0 fully saturated rings. The normalized spacial score (nSPS) is 21.1. The van der Waals surface area contributed by atoms with Gasteiger partial charge in [0.15, 0.2) is 5.13 Å². The highest BCUT2D eigenvalue weighted by Gasteiger charge is 2.49. The van der Waals surface area contributed by atoms with Crippen molar-refractivity contribution in [2.45, 2.75) is 33.1 Å². The van der Waals surface area contributed by atoms with Crippen LogP contribution in [0.2, 0.25) is 0 Å². The molecule has 0 saturated heterocycles. The van der Waals surface area contributed by atoms with Crippen LogP contribution >= 0.6 is 11.3 Å². The van der Waals surface area contributed by atoms with E-state index in [1.807, 2.05) is 57.2 Å². The quantitative estimate of drug-likeness (QED) is 0.688. The fraction of sp³-hybridized carbons (Fsp3) is 0.273. The van der Waals surface area contributed by atoms with Crippen LogP contribution < -0.4 is 5.32 Å². The lowest BCUT2D eigenvalue weighted by Gasteiger charge is -2.31. The van der Waals surface area contributed by atoms with Gasteiger partial charge in [0.25, 0.3) is 0 Å². The van der Waals surface area contributed by atoms with E-state index in [0.29, 0.717) is 11.6 Å². The Labute approximate surface area is 162 Å². The van der Waals surface area contributed by atoms with E-state index in [-0.39, 0.29) is 17.6 Å². The van der Waals surface area contributed by atoms with E-state index < -0.39 is 5.41 Å². The summed E-state index contributed by atoms with van der Waals surface area (Å²) < 4.78 is 0.